The van der Waals surface area contributed by atoms with Crippen molar-refractivity contribution in [1.82, 2.24) is 15.0 Å². The summed E-state index contributed by atoms with van der Waals surface area (Å²) in [4.78, 5) is 11.1. The van der Waals surface area contributed by atoms with Crippen LogP contribution in [0.2, 0.25) is 0 Å². The second-order valence-corrected chi connectivity index (χ2v) is 9.33. The van der Waals surface area contributed by atoms with Gasteiger partial charge in [-0.05, 0) is 64.6 Å². The Kier molecular flexibility index (Phi) is 4.85. The van der Waals surface area contributed by atoms with E-state index in [1.165, 1.54) is 11.1 Å². The van der Waals surface area contributed by atoms with Gasteiger partial charge < -0.3 is 5.11 Å². The molecule has 4 rings (SSSR count). The van der Waals surface area contributed by atoms with Gasteiger partial charge in [-0.15, -0.1) is 5.10 Å². The molecule has 154 valence electrons. The average Bonchev–Trinajstić information content (AvgIpc) is 3.24. The third-order valence-corrected chi connectivity index (χ3v) is 6.28. The van der Waals surface area contributed by atoms with Crippen LogP contribution in [-0.2, 0) is 10.8 Å². The topological polar surface area (TPSA) is 68.0 Å². The smallest absolute Gasteiger partial charge is 0.335 e. The first-order chi connectivity index (χ1) is 14.2. The van der Waals surface area contributed by atoms with Crippen LogP contribution in [0.3, 0.4) is 0 Å². The zero-order valence-electron chi connectivity index (χ0n) is 17.9. The molecule has 3 aromatic rings. The lowest BCUT2D eigenvalue weighted by Gasteiger charge is -2.42. The number of benzene rings is 2. The molecule has 0 fully saturated rings. The number of hydrogen-bond acceptors (Lipinski definition) is 3. The predicted molar refractivity (Wildman–Crippen MR) is 119 cm³/mol. The van der Waals surface area contributed by atoms with Crippen LogP contribution < -0.4 is 0 Å². The maximum atomic E-state index is 11.1. The van der Waals surface area contributed by atoms with Crippen LogP contribution in [0.1, 0.15) is 73.1 Å². The molecule has 1 aromatic heterocycles. The molecule has 0 radical (unpaired) electrons. The molecule has 1 heterocycles. The molecule has 1 aliphatic rings. The second kappa shape index (κ2) is 7.24. The molecule has 0 amide bonds. The molecule has 5 heteroatoms. The minimum absolute atomic E-state index is 0.106. The molecule has 30 heavy (non-hydrogen) atoms. The standard InChI is InChI=1S/C25H27N3O2/c1-24(2)11-12-25(3,4)21-16-22(28-14-13-26-27-28)19(15-20(21)24)10-7-17-5-8-18(9-6-17)23(29)30/h5-10,13-16H,11-12H2,1-4H3,(H,29,30)/b10-7+. The highest BCUT2D eigenvalue weighted by Gasteiger charge is 2.37. The molecule has 0 spiro atoms. The monoisotopic (exact) mass is 401 g/mol. The van der Waals surface area contributed by atoms with Gasteiger partial charge in [0.15, 0.2) is 0 Å². The summed E-state index contributed by atoms with van der Waals surface area (Å²) in [5.41, 5.74) is 6.25. The number of carboxylic acid groups (broad SMARTS) is 1. The van der Waals surface area contributed by atoms with Crippen LogP contribution >= 0.6 is 0 Å². The molecule has 0 saturated heterocycles. The molecule has 0 aliphatic heterocycles. The molecular formula is C25H27N3O2. The number of rotatable bonds is 4. The number of aromatic carboxylic acids is 1. The first kappa shape index (κ1) is 20.1. The van der Waals surface area contributed by atoms with Crippen LogP contribution in [0.4, 0.5) is 0 Å². The highest BCUT2D eigenvalue weighted by atomic mass is 16.4. The van der Waals surface area contributed by atoms with E-state index in [4.69, 9.17) is 5.11 Å². The number of hydrogen-bond donors (Lipinski definition) is 1. The highest BCUT2D eigenvalue weighted by Crippen LogP contribution is 2.47. The van der Waals surface area contributed by atoms with Gasteiger partial charge in [-0.1, -0.05) is 57.2 Å². The lowest BCUT2D eigenvalue weighted by molar-refractivity contribution is 0.0697. The van der Waals surface area contributed by atoms with E-state index in [1.54, 1.807) is 18.3 Å². The van der Waals surface area contributed by atoms with Gasteiger partial charge in [-0.2, -0.15) is 0 Å². The number of carboxylic acids is 1. The maximum absolute atomic E-state index is 11.1. The van der Waals surface area contributed by atoms with Crippen molar-refractivity contribution in [3.63, 3.8) is 0 Å². The zero-order valence-corrected chi connectivity index (χ0v) is 17.9. The van der Waals surface area contributed by atoms with Gasteiger partial charge in [0.25, 0.3) is 0 Å². The summed E-state index contributed by atoms with van der Waals surface area (Å²) in [6.45, 7) is 9.25. The fraction of sp³-hybridized carbons (Fsp3) is 0.320. The Labute approximate surface area is 177 Å². The Morgan fingerprint density at radius 2 is 1.63 bits per heavy atom. The predicted octanol–water partition coefficient (Wildman–Crippen LogP) is 5.48. The average molecular weight is 402 g/mol. The Balaban J connectivity index is 1.83. The molecular weight excluding hydrogens is 374 g/mol. The normalized spacial score (nSPS) is 17.1. The van der Waals surface area contributed by atoms with E-state index in [-0.39, 0.29) is 16.4 Å². The Morgan fingerprint density at radius 1 is 1.00 bits per heavy atom. The molecule has 0 saturated carbocycles. The van der Waals surface area contributed by atoms with Crippen molar-refractivity contribution >= 4 is 18.1 Å². The van der Waals surface area contributed by atoms with Gasteiger partial charge in [0.1, 0.15) is 0 Å². The highest BCUT2D eigenvalue weighted by molar-refractivity contribution is 5.88. The van der Waals surface area contributed by atoms with Gasteiger partial charge in [-0.3, -0.25) is 0 Å². The minimum atomic E-state index is -0.918. The third kappa shape index (κ3) is 3.67. The van der Waals surface area contributed by atoms with E-state index in [2.05, 4.69) is 56.2 Å². The molecule has 1 aliphatic carbocycles. The van der Waals surface area contributed by atoms with Gasteiger partial charge in [-0.25, -0.2) is 9.48 Å². The summed E-state index contributed by atoms with van der Waals surface area (Å²) < 4.78 is 1.81. The van der Waals surface area contributed by atoms with E-state index in [0.29, 0.717) is 0 Å². The number of fused-ring (bicyclic) bond motifs is 1. The molecule has 2 aromatic carbocycles. The van der Waals surface area contributed by atoms with E-state index in [1.807, 2.05) is 29.1 Å². The lowest BCUT2D eigenvalue weighted by atomic mass is 9.63. The molecule has 5 nitrogen and oxygen atoms in total. The van der Waals surface area contributed by atoms with Gasteiger partial charge >= 0.3 is 5.97 Å². The van der Waals surface area contributed by atoms with Gasteiger partial charge in [0.2, 0.25) is 0 Å². The van der Waals surface area contributed by atoms with Gasteiger partial charge in [0.05, 0.1) is 23.6 Å². The largest absolute Gasteiger partial charge is 0.478 e. The fourth-order valence-corrected chi connectivity index (χ4v) is 4.21. The van der Waals surface area contributed by atoms with Gasteiger partial charge in [0, 0.05) is 5.56 Å². The molecule has 0 atom stereocenters. The van der Waals surface area contributed by atoms with E-state index >= 15 is 0 Å². The van der Waals surface area contributed by atoms with Crippen LogP contribution in [0.25, 0.3) is 17.8 Å². The van der Waals surface area contributed by atoms with Crippen LogP contribution in [-0.4, -0.2) is 26.1 Å². The van der Waals surface area contributed by atoms with E-state index in [0.717, 1.165) is 29.7 Å². The summed E-state index contributed by atoms with van der Waals surface area (Å²) in [7, 11) is 0. The number of carbonyl (C=O) groups is 1. The third-order valence-electron chi connectivity index (χ3n) is 6.28. The fourth-order valence-electron chi connectivity index (χ4n) is 4.21. The summed E-state index contributed by atoms with van der Waals surface area (Å²) in [5, 5.41) is 17.3. The summed E-state index contributed by atoms with van der Waals surface area (Å²) in [6, 6.07) is 11.4. The van der Waals surface area contributed by atoms with Crippen molar-refractivity contribution in [1.29, 1.82) is 0 Å². The SMILES string of the molecule is CC1(C)CCC(C)(C)c2cc(-n3ccnn3)c(/C=C/c3ccc(C(=O)O)cc3)cc21. The quantitative estimate of drug-likeness (QED) is 0.587. The Morgan fingerprint density at radius 3 is 2.20 bits per heavy atom. The van der Waals surface area contributed by atoms with Crippen molar-refractivity contribution in [2.75, 3.05) is 0 Å². The summed E-state index contributed by atoms with van der Waals surface area (Å²) >= 11 is 0. The van der Waals surface area contributed by atoms with E-state index < -0.39 is 5.97 Å². The van der Waals surface area contributed by atoms with Crippen LogP contribution in [0, 0.1) is 0 Å². The Bertz CT molecular complexity index is 1110. The van der Waals surface area contributed by atoms with Crippen molar-refractivity contribution in [3.05, 3.63) is 76.6 Å². The number of nitrogens with zero attached hydrogens (tertiary/aromatic N) is 3. The second-order valence-electron chi connectivity index (χ2n) is 9.33. The zero-order chi connectivity index (χ0) is 21.5. The summed E-state index contributed by atoms with van der Waals surface area (Å²) in [5.74, 6) is -0.918. The molecule has 0 unspecified atom stereocenters. The first-order valence-electron chi connectivity index (χ1n) is 10.2. The van der Waals surface area contributed by atoms with Crippen molar-refractivity contribution in [3.8, 4) is 5.69 Å². The maximum Gasteiger partial charge on any atom is 0.335 e. The summed E-state index contributed by atoms with van der Waals surface area (Å²) in [6.07, 6.45) is 9.93. The minimum Gasteiger partial charge on any atom is -0.478 e. The first-order valence-corrected chi connectivity index (χ1v) is 10.2. The molecule has 0 bridgehead atoms. The number of aromatic nitrogens is 3. The molecule has 1 N–H and O–H groups in total. The van der Waals surface area contributed by atoms with Crippen molar-refractivity contribution in [2.45, 2.75) is 51.4 Å². The van der Waals surface area contributed by atoms with Crippen molar-refractivity contribution in [2.24, 2.45) is 0 Å². The van der Waals surface area contributed by atoms with E-state index in [9.17, 15) is 4.79 Å². The van der Waals surface area contributed by atoms with Crippen LogP contribution in [0.15, 0.2) is 48.8 Å². The lowest BCUT2D eigenvalue weighted by Crippen LogP contribution is -2.34. The Hall–Kier alpha value is -3.21. The van der Waals surface area contributed by atoms with Crippen molar-refractivity contribution < 1.29 is 9.90 Å². The van der Waals surface area contributed by atoms with Crippen LogP contribution in [0.5, 0.6) is 0 Å².